The Morgan fingerprint density at radius 3 is 2.31 bits per heavy atom. The fraction of sp³-hybridized carbons (Fsp3) is 0.158. The van der Waals surface area contributed by atoms with Crippen molar-refractivity contribution in [3.63, 3.8) is 0 Å². The Kier molecular flexibility index (Phi) is 7.93. The van der Waals surface area contributed by atoms with Gasteiger partial charge in [-0.05, 0) is 29.8 Å². The zero-order valence-electron chi connectivity index (χ0n) is 14.4. The summed E-state index contributed by atoms with van der Waals surface area (Å²) in [5.74, 6) is 0.738. The molecule has 26 heavy (non-hydrogen) atoms. The van der Waals surface area contributed by atoms with Crippen LogP contribution in [0.2, 0.25) is 5.02 Å². The lowest BCUT2D eigenvalue weighted by atomic mass is 10.2. The van der Waals surface area contributed by atoms with Gasteiger partial charge in [-0.25, -0.2) is 4.68 Å². The van der Waals surface area contributed by atoms with Crippen molar-refractivity contribution < 1.29 is 0 Å². The molecule has 0 bridgehead atoms. The summed E-state index contributed by atoms with van der Waals surface area (Å²) in [5.41, 5.74) is 3.27. The van der Waals surface area contributed by atoms with Crippen molar-refractivity contribution in [1.29, 1.82) is 0 Å². The first-order chi connectivity index (χ1) is 12.2. The van der Waals surface area contributed by atoms with Crippen LogP contribution in [0.5, 0.6) is 0 Å². The number of para-hydroxylation sites is 1. The minimum Gasteiger partial charge on any atom is -0.352 e. The van der Waals surface area contributed by atoms with Gasteiger partial charge in [-0.1, -0.05) is 41.9 Å². The molecule has 7 heteroatoms. The number of hydrogen-bond acceptors (Lipinski definition) is 2. The Labute approximate surface area is 175 Å². The standard InChI is InChI=1S/C19H20ClN5.HI/c1-21-19(22-11-15-7-9-17(20)10-8-15)23-12-16-13-24-25(14-16)18-5-3-2-4-6-18;/h2-10,13-14H,11-12H2,1H3,(H2,21,22,23);1H. The fourth-order valence-electron chi connectivity index (χ4n) is 2.37. The zero-order valence-corrected chi connectivity index (χ0v) is 17.5. The van der Waals surface area contributed by atoms with Gasteiger partial charge in [0, 0.05) is 36.9 Å². The molecule has 136 valence electrons. The van der Waals surface area contributed by atoms with Crippen LogP contribution in [-0.4, -0.2) is 22.8 Å². The number of nitrogens with zero attached hydrogens (tertiary/aromatic N) is 3. The molecular weight excluding hydrogens is 461 g/mol. The monoisotopic (exact) mass is 481 g/mol. The lowest BCUT2D eigenvalue weighted by Crippen LogP contribution is -2.36. The predicted octanol–water partition coefficient (Wildman–Crippen LogP) is 4.01. The number of nitrogens with one attached hydrogen (secondary N) is 2. The van der Waals surface area contributed by atoms with Gasteiger partial charge in [0.05, 0.1) is 11.9 Å². The van der Waals surface area contributed by atoms with Gasteiger partial charge in [0.1, 0.15) is 0 Å². The van der Waals surface area contributed by atoms with E-state index in [-0.39, 0.29) is 24.0 Å². The third-order valence-electron chi connectivity index (χ3n) is 3.71. The van der Waals surface area contributed by atoms with Crippen molar-refractivity contribution in [3.05, 3.63) is 83.1 Å². The molecule has 0 unspecified atom stereocenters. The van der Waals surface area contributed by atoms with Crippen molar-refractivity contribution in [2.75, 3.05) is 7.05 Å². The average Bonchev–Trinajstić information content (AvgIpc) is 3.13. The SMILES string of the molecule is CN=C(NCc1ccc(Cl)cc1)NCc1cnn(-c2ccccc2)c1.I. The smallest absolute Gasteiger partial charge is 0.191 e. The number of rotatable bonds is 5. The molecule has 3 aromatic rings. The summed E-state index contributed by atoms with van der Waals surface area (Å²) < 4.78 is 1.86. The molecule has 2 aromatic carbocycles. The Morgan fingerprint density at radius 1 is 1.00 bits per heavy atom. The highest BCUT2D eigenvalue weighted by Crippen LogP contribution is 2.09. The van der Waals surface area contributed by atoms with Gasteiger partial charge in [-0.3, -0.25) is 4.99 Å². The van der Waals surface area contributed by atoms with E-state index in [1.807, 2.05) is 71.7 Å². The summed E-state index contributed by atoms with van der Waals surface area (Å²) in [6, 6.07) is 17.8. The molecule has 0 amide bonds. The van der Waals surface area contributed by atoms with Crippen molar-refractivity contribution in [1.82, 2.24) is 20.4 Å². The second kappa shape index (κ2) is 10.2. The summed E-state index contributed by atoms with van der Waals surface area (Å²) in [6.07, 6.45) is 3.86. The first kappa shape index (κ1) is 20.3. The summed E-state index contributed by atoms with van der Waals surface area (Å²) in [4.78, 5) is 4.24. The van der Waals surface area contributed by atoms with Gasteiger partial charge in [-0.2, -0.15) is 5.10 Å². The fourth-order valence-corrected chi connectivity index (χ4v) is 2.49. The Morgan fingerprint density at radius 2 is 1.65 bits per heavy atom. The number of benzene rings is 2. The Hall–Kier alpha value is -2.06. The molecule has 0 radical (unpaired) electrons. The van der Waals surface area contributed by atoms with E-state index in [9.17, 15) is 0 Å². The van der Waals surface area contributed by atoms with Crippen molar-refractivity contribution in [2.45, 2.75) is 13.1 Å². The molecule has 0 fully saturated rings. The van der Waals surface area contributed by atoms with Gasteiger partial charge in [0.15, 0.2) is 5.96 Å². The van der Waals surface area contributed by atoms with E-state index in [2.05, 4.69) is 20.7 Å². The van der Waals surface area contributed by atoms with E-state index in [1.165, 1.54) is 0 Å². The van der Waals surface area contributed by atoms with E-state index in [4.69, 9.17) is 11.6 Å². The topological polar surface area (TPSA) is 54.2 Å². The molecule has 5 nitrogen and oxygen atoms in total. The van der Waals surface area contributed by atoms with E-state index >= 15 is 0 Å². The van der Waals surface area contributed by atoms with E-state index in [1.54, 1.807) is 7.05 Å². The molecule has 0 saturated heterocycles. The van der Waals surface area contributed by atoms with Gasteiger partial charge >= 0.3 is 0 Å². The zero-order chi connectivity index (χ0) is 17.5. The molecule has 1 aromatic heterocycles. The number of guanidine groups is 1. The van der Waals surface area contributed by atoms with Crippen LogP contribution in [0.4, 0.5) is 0 Å². The van der Waals surface area contributed by atoms with Crippen LogP contribution in [0.3, 0.4) is 0 Å². The second-order valence-electron chi connectivity index (χ2n) is 5.53. The number of halogens is 2. The predicted molar refractivity (Wildman–Crippen MR) is 117 cm³/mol. The molecule has 0 spiro atoms. The summed E-state index contributed by atoms with van der Waals surface area (Å²) >= 11 is 5.90. The van der Waals surface area contributed by atoms with Crippen LogP contribution >= 0.6 is 35.6 Å². The minimum absolute atomic E-state index is 0. The van der Waals surface area contributed by atoms with E-state index in [0.717, 1.165) is 27.8 Å². The maximum Gasteiger partial charge on any atom is 0.191 e. The van der Waals surface area contributed by atoms with Gasteiger partial charge in [0.25, 0.3) is 0 Å². The molecular formula is C19H21ClIN5. The number of aliphatic imine (C=N–C) groups is 1. The first-order valence-electron chi connectivity index (χ1n) is 8.02. The maximum atomic E-state index is 5.90. The summed E-state index contributed by atoms with van der Waals surface area (Å²) in [5, 5.41) is 11.7. The van der Waals surface area contributed by atoms with E-state index in [0.29, 0.717) is 13.1 Å². The molecule has 2 N–H and O–H groups in total. The molecule has 0 aliphatic rings. The van der Waals surface area contributed by atoms with Crippen molar-refractivity contribution >= 4 is 41.5 Å². The quantitative estimate of drug-likeness (QED) is 0.329. The second-order valence-corrected chi connectivity index (χ2v) is 5.97. The average molecular weight is 482 g/mol. The van der Waals surface area contributed by atoms with Crippen LogP contribution in [0.25, 0.3) is 5.69 Å². The highest BCUT2D eigenvalue weighted by molar-refractivity contribution is 14.0. The van der Waals surface area contributed by atoms with E-state index < -0.39 is 0 Å². The van der Waals surface area contributed by atoms with Crippen LogP contribution in [-0.2, 0) is 13.1 Å². The molecule has 0 atom stereocenters. The van der Waals surface area contributed by atoms with Gasteiger partial charge in [0.2, 0.25) is 0 Å². The molecule has 0 saturated carbocycles. The van der Waals surface area contributed by atoms with Crippen LogP contribution < -0.4 is 10.6 Å². The summed E-state index contributed by atoms with van der Waals surface area (Å²) in [6.45, 7) is 1.33. The third kappa shape index (κ3) is 5.74. The van der Waals surface area contributed by atoms with Crippen LogP contribution in [0.1, 0.15) is 11.1 Å². The Balaban J connectivity index is 0.00000243. The minimum atomic E-state index is 0. The number of hydrogen-bond donors (Lipinski definition) is 2. The molecule has 0 aliphatic heterocycles. The molecule has 1 heterocycles. The highest BCUT2D eigenvalue weighted by atomic mass is 127. The first-order valence-corrected chi connectivity index (χ1v) is 8.40. The summed E-state index contributed by atoms with van der Waals surface area (Å²) in [7, 11) is 1.75. The Bertz CT molecular complexity index is 831. The largest absolute Gasteiger partial charge is 0.352 e. The highest BCUT2D eigenvalue weighted by Gasteiger charge is 2.03. The lowest BCUT2D eigenvalue weighted by molar-refractivity contribution is 0.808. The molecule has 3 rings (SSSR count). The third-order valence-corrected chi connectivity index (χ3v) is 3.97. The number of aromatic nitrogens is 2. The molecule has 0 aliphatic carbocycles. The van der Waals surface area contributed by atoms with Crippen LogP contribution in [0.15, 0.2) is 72.0 Å². The van der Waals surface area contributed by atoms with Crippen LogP contribution in [0, 0.1) is 0 Å². The van der Waals surface area contributed by atoms with Crippen molar-refractivity contribution in [3.8, 4) is 5.69 Å². The maximum absolute atomic E-state index is 5.90. The van der Waals surface area contributed by atoms with Gasteiger partial charge in [-0.15, -0.1) is 24.0 Å². The lowest BCUT2D eigenvalue weighted by Gasteiger charge is -2.11. The van der Waals surface area contributed by atoms with Crippen molar-refractivity contribution in [2.24, 2.45) is 4.99 Å². The van der Waals surface area contributed by atoms with Gasteiger partial charge < -0.3 is 10.6 Å². The normalized spacial score (nSPS) is 10.9.